The largest absolute Gasteiger partial charge is 0.464 e. The molecule has 0 aliphatic carbocycles. The second kappa shape index (κ2) is 8.61. The lowest BCUT2D eigenvalue weighted by Gasteiger charge is -2.17. The zero-order chi connectivity index (χ0) is 20.1. The minimum atomic E-state index is -4.94. The van der Waals surface area contributed by atoms with E-state index in [0.717, 1.165) is 32.5 Å². The first-order chi connectivity index (χ1) is 13.4. The second-order valence-electron chi connectivity index (χ2n) is 5.52. The number of methoxy groups -OCH3 is 1. The molecule has 2 heterocycles. The number of fused-ring (bicyclic) bond motifs is 1. The highest BCUT2D eigenvalue weighted by Crippen LogP contribution is 2.34. The summed E-state index contributed by atoms with van der Waals surface area (Å²) in [5.41, 5.74) is 3.22. The van der Waals surface area contributed by atoms with Crippen molar-refractivity contribution in [2.45, 2.75) is 0 Å². The van der Waals surface area contributed by atoms with E-state index in [2.05, 4.69) is 24.3 Å². The third-order valence-electron chi connectivity index (χ3n) is 3.71. The van der Waals surface area contributed by atoms with Crippen molar-refractivity contribution in [3.05, 3.63) is 72.9 Å². The van der Waals surface area contributed by atoms with E-state index < -0.39 is 10.2 Å². The van der Waals surface area contributed by atoms with E-state index in [1.807, 2.05) is 53.1 Å². The summed E-state index contributed by atoms with van der Waals surface area (Å²) in [6.07, 6.45) is 2.02. The summed E-state index contributed by atoms with van der Waals surface area (Å²) in [7, 11) is -3.24. The highest BCUT2D eigenvalue weighted by atomic mass is 35.7. The Morgan fingerprint density at radius 1 is 0.857 bits per heavy atom. The van der Waals surface area contributed by atoms with E-state index in [4.69, 9.17) is 28.4 Å². The van der Waals surface area contributed by atoms with Crippen molar-refractivity contribution >= 4 is 16.3 Å². The van der Waals surface area contributed by atoms with Gasteiger partial charge in [-0.25, -0.2) is 18.6 Å². The third kappa shape index (κ3) is 5.02. The number of hydrogen-bond acceptors (Lipinski definition) is 7. The van der Waals surface area contributed by atoms with Crippen molar-refractivity contribution in [2.75, 3.05) is 7.11 Å². The minimum Gasteiger partial charge on any atom is -0.464 e. The Labute approximate surface area is 167 Å². The van der Waals surface area contributed by atoms with Crippen LogP contribution in [-0.4, -0.2) is 12.1 Å². The number of benzene rings is 2. The van der Waals surface area contributed by atoms with Crippen LogP contribution < -0.4 is 27.8 Å². The normalized spacial score (nSPS) is 11.0. The molecule has 4 aromatic rings. The molecule has 0 N–H and O–H groups in total. The van der Waals surface area contributed by atoms with Gasteiger partial charge in [-0.3, -0.25) is 0 Å². The zero-order valence-corrected chi connectivity index (χ0v) is 16.2. The molecule has 9 heteroatoms. The van der Waals surface area contributed by atoms with Crippen molar-refractivity contribution < 1.29 is 38.0 Å². The smallest absolute Gasteiger partial charge is 0.391 e. The number of rotatable bonds is 3. The summed E-state index contributed by atoms with van der Waals surface area (Å²) in [5.74, 6) is 0.823. The number of hydrogen-bond donors (Lipinski definition) is 0. The van der Waals surface area contributed by atoms with Gasteiger partial charge < -0.3 is 4.74 Å². The monoisotopic (exact) mass is 418 g/mol. The molecule has 4 rings (SSSR count). The predicted molar refractivity (Wildman–Crippen MR) is 92.7 cm³/mol. The molecule has 0 fully saturated rings. The quantitative estimate of drug-likeness (QED) is 0.412. The van der Waals surface area contributed by atoms with Gasteiger partial charge in [0.05, 0.1) is 7.11 Å². The molecule has 0 aliphatic rings. The van der Waals surface area contributed by atoms with E-state index in [1.54, 1.807) is 18.4 Å². The summed E-state index contributed by atoms with van der Waals surface area (Å²) in [5, 5.41) is 0. The fourth-order valence-electron chi connectivity index (χ4n) is 2.61. The van der Waals surface area contributed by atoms with Gasteiger partial charge in [0.2, 0.25) is 0 Å². The minimum absolute atomic E-state index is 0.823. The van der Waals surface area contributed by atoms with E-state index in [1.165, 1.54) is 0 Å². The standard InChI is InChI=1S/C19H15N2OS.ClHO4/c1-22-18-17(15-10-6-3-7-11-15)23-19-20-16(12-13-21(18)19)14-8-4-2-5-9-14;2-1(3,4)5/h2-13H,1H3;(H,2,3,4,5)/q+1;/p-1. The van der Waals surface area contributed by atoms with Gasteiger partial charge in [-0.2, -0.15) is 4.40 Å². The van der Waals surface area contributed by atoms with Gasteiger partial charge in [-0.1, -0.05) is 60.7 Å². The highest BCUT2D eigenvalue weighted by Gasteiger charge is 2.23. The third-order valence-corrected chi connectivity index (χ3v) is 4.79. The summed E-state index contributed by atoms with van der Waals surface area (Å²) in [4.78, 5) is 6.81. The molecule has 0 unspecified atom stereocenters. The van der Waals surface area contributed by atoms with Crippen LogP contribution in [0.2, 0.25) is 0 Å². The van der Waals surface area contributed by atoms with E-state index >= 15 is 0 Å². The van der Waals surface area contributed by atoms with Crippen molar-refractivity contribution in [1.29, 1.82) is 0 Å². The second-order valence-corrected chi connectivity index (χ2v) is 7.25. The lowest BCUT2D eigenvalue weighted by molar-refractivity contribution is -2.00. The molecule has 0 bridgehead atoms. The van der Waals surface area contributed by atoms with E-state index in [-0.39, 0.29) is 0 Å². The molecule has 7 nitrogen and oxygen atoms in total. The summed E-state index contributed by atoms with van der Waals surface area (Å²) in [6.45, 7) is 0. The van der Waals surface area contributed by atoms with Gasteiger partial charge in [-0.05, 0) is 21.9 Å². The fourth-order valence-corrected chi connectivity index (χ4v) is 3.70. The maximum absolute atomic E-state index is 8.49. The molecule has 0 amide bonds. The molecular formula is C19H15ClN2O5S. The van der Waals surface area contributed by atoms with Gasteiger partial charge in [0.1, 0.15) is 11.1 Å². The molecule has 0 atom stereocenters. The summed E-state index contributed by atoms with van der Waals surface area (Å²) in [6, 6.07) is 22.5. The van der Waals surface area contributed by atoms with E-state index in [0.29, 0.717) is 0 Å². The average Bonchev–Trinajstić information content (AvgIpc) is 3.06. The summed E-state index contributed by atoms with van der Waals surface area (Å²) < 4.78 is 41.6. The van der Waals surface area contributed by atoms with Crippen LogP contribution in [0.4, 0.5) is 0 Å². The number of nitrogens with zero attached hydrogens (tertiary/aromatic N) is 2. The first kappa shape index (κ1) is 20.2. The summed E-state index contributed by atoms with van der Waals surface area (Å²) >= 11 is 1.64. The van der Waals surface area contributed by atoms with E-state index in [9.17, 15) is 0 Å². The van der Waals surface area contributed by atoms with Crippen molar-refractivity contribution in [1.82, 2.24) is 4.98 Å². The van der Waals surface area contributed by atoms with Crippen LogP contribution in [0.1, 0.15) is 0 Å². The Morgan fingerprint density at radius 3 is 1.93 bits per heavy atom. The first-order valence-electron chi connectivity index (χ1n) is 7.98. The topological polar surface area (TPSA) is 118 Å². The van der Waals surface area contributed by atoms with Gasteiger partial charge in [0.15, 0.2) is 5.69 Å². The Kier molecular flexibility index (Phi) is 6.20. The SMILES string of the molecule is COc1c(-c2ccccc2)sc2nc(-c3ccccc3)cc[n+]12.[O-][Cl+3]([O-])([O-])[O-]. The molecular weight excluding hydrogens is 404 g/mol. The number of ether oxygens (including phenoxy) is 1. The van der Waals surface area contributed by atoms with Gasteiger partial charge in [0.25, 0.3) is 0 Å². The van der Waals surface area contributed by atoms with Gasteiger partial charge >= 0.3 is 10.8 Å². The van der Waals surface area contributed by atoms with Crippen LogP contribution in [0.5, 0.6) is 5.88 Å². The lowest BCUT2D eigenvalue weighted by atomic mass is 10.1. The van der Waals surface area contributed by atoms with Gasteiger partial charge in [-0.15, -0.1) is 10.2 Å². The molecule has 0 saturated heterocycles. The Bertz CT molecular complexity index is 1050. The van der Waals surface area contributed by atoms with Crippen LogP contribution in [0.15, 0.2) is 72.9 Å². The van der Waals surface area contributed by atoms with Crippen LogP contribution >= 0.6 is 11.3 Å². The maximum Gasteiger partial charge on any atom is 0.391 e. The molecule has 0 radical (unpaired) electrons. The van der Waals surface area contributed by atoms with Crippen LogP contribution in [0.3, 0.4) is 0 Å². The highest BCUT2D eigenvalue weighted by molar-refractivity contribution is 7.20. The molecule has 2 aromatic carbocycles. The lowest BCUT2D eigenvalue weighted by Crippen LogP contribution is -2.68. The molecule has 0 saturated carbocycles. The molecule has 0 aliphatic heterocycles. The Hall–Kier alpha value is -2.59. The zero-order valence-electron chi connectivity index (χ0n) is 14.7. The van der Waals surface area contributed by atoms with Gasteiger partial charge in [0, 0.05) is 11.6 Å². The van der Waals surface area contributed by atoms with Crippen molar-refractivity contribution in [3.8, 4) is 27.6 Å². The van der Waals surface area contributed by atoms with Crippen molar-refractivity contribution in [3.63, 3.8) is 0 Å². The molecule has 144 valence electrons. The number of aromatic nitrogens is 2. The first-order valence-corrected chi connectivity index (χ1v) is 10.0. The molecule has 2 aromatic heterocycles. The number of thiazole rings is 1. The van der Waals surface area contributed by atoms with Crippen LogP contribution in [0.25, 0.3) is 26.7 Å². The Morgan fingerprint density at radius 2 is 1.39 bits per heavy atom. The van der Waals surface area contributed by atoms with Crippen LogP contribution in [-0.2, 0) is 0 Å². The fraction of sp³-hybridized carbons (Fsp3) is 0.0526. The van der Waals surface area contributed by atoms with Crippen LogP contribution in [0, 0.1) is 10.2 Å². The number of halogens is 1. The molecule has 0 spiro atoms. The predicted octanol–water partition coefficient (Wildman–Crippen LogP) is -0.532. The Balaban J connectivity index is 0.000000403. The average molecular weight is 419 g/mol. The molecule has 28 heavy (non-hydrogen) atoms. The van der Waals surface area contributed by atoms with Crippen molar-refractivity contribution in [2.24, 2.45) is 0 Å². The maximum atomic E-state index is 8.49.